The van der Waals surface area contributed by atoms with Gasteiger partial charge in [0.2, 0.25) is 11.1 Å². The lowest BCUT2D eigenvalue weighted by Gasteiger charge is -2.15. The van der Waals surface area contributed by atoms with E-state index in [0.29, 0.717) is 26.6 Å². The number of rotatable bonds is 5. The first-order valence-corrected chi connectivity index (χ1v) is 9.72. The lowest BCUT2D eigenvalue weighted by molar-refractivity contribution is -0.120. The van der Waals surface area contributed by atoms with Crippen LogP contribution in [0, 0.1) is 0 Å². The van der Waals surface area contributed by atoms with E-state index < -0.39 is 0 Å². The van der Waals surface area contributed by atoms with Gasteiger partial charge in [-0.1, -0.05) is 47.8 Å². The lowest BCUT2D eigenvalue weighted by atomic mass is 10.2. The SMILES string of the molecule is CC(Sc1nnc(-c2cc(Cl)ccc2Cl)n1N)C(=O)NC1CCCC1. The van der Waals surface area contributed by atoms with Crippen LogP contribution in [0.1, 0.15) is 32.6 Å². The van der Waals surface area contributed by atoms with E-state index in [-0.39, 0.29) is 17.2 Å². The lowest BCUT2D eigenvalue weighted by Crippen LogP contribution is -2.37. The van der Waals surface area contributed by atoms with Crippen molar-refractivity contribution in [3.8, 4) is 11.4 Å². The van der Waals surface area contributed by atoms with Crippen LogP contribution in [0.5, 0.6) is 0 Å². The number of nitrogens with zero attached hydrogens (tertiary/aromatic N) is 3. The highest BCUT2D eigenvalue weighted by Gasteiger charge is 2.24. The van der Waals surface area contributed by atoms with Gasteiger partial charge in [0.05, 0.1) is 10.3 Å². The molecular weight excluding hydrogens is 381 g/mol. The Hall–Kier alpha value is -1.44. The predicted octanol–water partition coefficient (Wildman–Crippen LogP) is 3.51. The Bertz CT molecular complexity index is 776. The molecule has 1 amide bonds. The Balaban J connectivity index is 1.72. The first-order valence-electron chi connectivity index (χ1n) is 8.08. The summed E-state index contributed by atoms with van der Waals surface area (Å²) in [5.41, 5.74) is 0.596. The zero-order chi connectivity index (χ0) is 18.0. The van der Waals surface area contributed by atoms with E-state index in [1.807, 2.05) is 6.92 Å². The summed E-state index contributed by atoms with van der Waals surface area (Å²) in [4.78, 5) is 12.3. The molecule has 6 nitrogen and oxygen atoms in total. The number of nitrogen functional groups attached to an aromatic ring is 1. The van der Waals surface area contributed by atoms with Gasteiger partial charge in [-0.3, -0.25) is 4.79 Å². The van der Waals surface area contributed by atoms with Crippen molar-refractivity contribution < 1.29 is 4.79 Å². The molecule has 3 N–H and O–H groups in total. The minimum absolute atomic E-state index is 0.0118. The van der Waals surface area contributed by atoms with Crippen LogP contribution in [0.3, 0.4) is 0 Å². The molecule has 1 aliphatic carbocycles. The number of carbonyl (C=O) groups is 1. The van der Waals surface area contributed by atoms with Gasteiger partial charge in [0.1, 0.15) is 0 Å². The monoisotopic (exact) mass is 399 g/mol. The molecule has 1 fully saturated rings. The fourth-order valence-electron chi connectivity index (χ4n) is 2.81. The number of thioether (sulfide) groups is 1. The summed E-state index contributed by atoms with van der Waals surface area (Å²) in [6.07, 6.45) is 4.45. The van der Waals surface area contributed by atoms with Crippen molar-refractivity contribution in [2.45, 2.75) is 49.1 Å². The van der Waals surface area contributed by atoms with E-state index in [2.05, 4.69) is 15.5 Å². The van der Waals surface area contributed by atoms with Crippen LogP contribution in [0.4, 0.5) is 0 Å². The smallest absolute Gasteiger partial charge is 0.233 e. The number of carbonyl (C=O) groups excluding carboxylic acids is 1. The highest BCUT2D eigenvalue weighted by atomic mass is 35.5. The number of aromatic nitrogens is 3. The number of halogens is 2. The maximum atomic E-state index is 12.3. The molecule has 1 unspecified atom stereocenters. The maximum absolute atomic E-state index is 12.3. The molecule has 0 saturated heterocycles. The molecule has 134 valence electrons. The molecule has 0 spiro atoms. The standard InChI is InChI=1S/C16H19Cl2N5OS/c1-9(15(24)20-11-4-2-3-5-11)25-16-22-21-14(23(16)19)12-8-10(17)6-7-13(12)18/h6-9,11H,2-5,19H2,1H3,(H,20,24). The number of nitrogens with two attached hydrogens (primary N) is 1. The number of hydrogen-bond acceptors (Lipinski definition) is 5. The average molecular weight is 400 g/mol. The van der Waals surface area contributed by atoms with Crippen LogP contribution in [-0.4, -0.2) is 32.1 Å². The van der Waals surface area contributed by atoms with Gasteiger partial charge in [0, 0.05) is 16.6 Å². The molecule has 1 aliphatic rings. The third-order valence-corrected chi connectivity index (χ3v) is 5.81. The van der Waals surface area contributed by atoms with Crippen LogP contribution in [0.25, 0.3) is 11.4 Å². The topological polar surface area (TPSA) is 85.8 Å². The van der Waals surface area contributed by atoms with Crippen molar-refractivity contribution >= 4 is 40.9 Å². The Morgan fingerprint density at radius 3 is 2.80 bits per heavy atom. The molecule has 0 radical (unpaired) electrons. The highest BCUT2D eigenvalue weighted by molar-refractivity contribution is 8.00. The summed E-state index contributed by atoms with van der Waals surface area (Å²) in [6, 6.07) is 5.34. The van der Waals surface area contributed by atoms with Crippen molar-refractivity contribution in [2.75, 3.05) is 5.84 Å². The number of benzene rings is 1. The van der Waals surface area contributed by atoms with Crippen molar-refractivity contribution in [1.29, 1.82) is 0 Å². The summed E-state index contributed by atoms with van der Waals surface area (Å²) in [5, 5.41) is 12.4. The van der Waals surface area contributed by atoms with Crippen LogP contribution in [-0.2, 0) is 4.79 Å². The van der Waals surface area contributed by atoms with Crippen LogP contribution in [0.2, 0.25) is 10.0 Å². The zero-order valence-electron chi connectivity index (χ0n) is 13.7. The predicted molar refractivity (Wildman–Crippen MR) is 101 cm³/mol. The molecule has 3 rings (SSSR count). The zero-order valence-corrected chi connectivity index (χ0v) is 16.0. The van der Waals surface area contributed by atoms with E-state index in [4.69, 9.17) is 29.0 Å². The van der Waals surface area contributed by atoms with E-state index in [1.165, 1.54) is 29.3 Å². The minimum Gasteiger partial charge on any atom is -0.352 e. The fourth-order valence-corrected chi connectivity index (χ4v) is 3.96. The number of amides is 1. The first kappa shape index (κ1) is 18.4. The summed E-state index contributed by atoms with van der Waals surface area (Å²) < 4.78 is 1.33. The van der Waals surface area contributed by atoms with Crippen molar-refractivity contribution in [3.05, 3.63) is 28.2 Å². The molecule has 1 heterocycles. The van der Waals surface area contributed by atoms with Crippen molar-refractivity contribution in [3.63, 3.8) is 0 Å². The second-order valence-corrected chi connectivity index (χ2v) is 8.20. The second-order valence-electron chi connectivity index (χ2n) is 6.05. The van der Waals surface area contributed by atoms with Crippen LogP contribution < -0.4 is 11.2 Å². The Kier molecular flexibility index (Phi) is 5.76. The molecule has 1 aromatic heterocycles. The molecule has 1 aromatic carbocycles. The number of nitrogens with one attached hydrogen (secondary N) is 1. The third-order valence-electron chi connectivity index (χ3n) is 4.19. The maximum Gasteiger partial charge on any atom is 0.233 e. The number of hydrogen-bond donors (Lipinski definition) is 2. The average Bonchev–Trinajstić information content (AvgIpc) is 3.21. The third kappa shape index (κ3) is 4.22. The molecule has 9 heteroatoms. The Labute approximate surface area is 160 Å². The summed E-state index contributed by atoms with van der Waals surface area (Å²) in [5.74, 6) is 6.49. The first-order chi connectivity index (χ1) is 12.0. The van der Waals surface area contributed by atoms with Gasteiger partial charge in [-0.2, -0.15) is 0 Å². The summed E-state index contributed by atoms with van der Waals surface area (Å²) in [7, 11) is 0. The quantitative estimate of drug-likeness (QED) is 0.593. The Morgan fingerprint density at radius 1 is 1.36 bits per heavy atom. The van der Waals surface area contributed by atoms with E-state index in [9.17, 15) is 4.79 Å². The minimum atomic E-state index is -0.324. The van der Waals surface area contributed by atoms with Crippen molar-refractivity contribution in [1.82, 2.24) is 20.2 Å². The van der Waals surface area contributed by atoms with Gasteiger partial charge in [-0.05, 0) is 38.0 Å². The molecule has 25 heavy (non-hydrogen) atoms. The van der Waals surface area contributed by atoms with Crippen molar-refractivity contribution in [2.24, 2.45) is 0 Å². The van der Waals surface area contributed by atoms with Gasteiger partial charge in [-0.25, -0.2) is 4.68 Å². The van der Waals surface area contributed by atoms with Gasteiger partial charge in [-0.15, -0.1) is 10.2 Å². The molecule has 0 aliphatic heterocycles. The van der Waals surface area contributed by atoms with Gasteiger partial charge >= 0.3 is 0 Å². The molecular formula is C16H19Cl2N5OS. The van der Waals surface area contributed by atoms with E-state index in [0.717, 1.165) is 12.8 Å². The van der Waals surface area contributed by atoms with Gasteiger partial charge in [0.25, 0.3) is 0 Å². The molecule has 1 atom stereocenters. The molecule has 2 aromatic rings. The van der Waals surface area contributed by atoms with Crippen LogP contribution in [0.15, 0.2) is 23.4 Å². The summed E-state index contributed by atoms with van der Waals surface area (Å²) >= 11 is 13.5. The van der Waals surface area contributed by atoms with Crippen LogP contribution >= 0.6 is 35.0 Å². The largest absolute Gasteiger partial charge is 0.352 e. The van der Waals surface area contributed by atoms with E-state index >= 15 is 0 Å². The Morgan fingerprint density at radius 2 is 2.08 bits per heavy atom. The van der Waals surface area contributed by atoms with Gasteiger partial charge < -0.3 is 11.2 Å². The van der Waals surface area contributed by atoms with Gasteiger partial charge in [0.15, 0.2) is 5.82 Å². The molecule has 0 bridgehead atoms. The summed E-state index contributed by atoms with van der Waals surface area (Å²) in [6.45, 7) is 1.83. The highest BCUT2D eigenvalue weighted by Crippen LogP contribution is 2.31. The fraction of sp³-hybridized carbons (Fsp3) is 0.438. The molecule has 1 saturated carbocycles. The normalized spacial score (nSPS) is 16.1. The van der Waals surface area contributed by atoms with E-state index in [1.54, 1.807) is 18.2 Å². The second kappa shape index (κ2) is 7.85.